The fraction of sp³-hybridized carbons (Fsp3) is 0.500. The largest absolute Gasteiger partial charge is 0.573 e. The number of hydrogen-bond donors (Lipinski definition) is 2. The molecule has 1 aliphatic rings. The molecule has 0 bridgehead atoms. The van der Waals surface area contributed by atoms with Crippen LogP contribution < -0.4 is 14.8 Å². The van der Waals surface area contributed by atoms with Crippen LogP contribution in [0.4, 0.5) is 13.2 Å². The molecule has 1 saturated carbocycles. The molecule has 9 heteroatoms. The van der Waals surface area contributed by atoms with Crippen LogP contribution in [0.1, 0.15) is 12.8 Å². The zero-order chi connectivity index (χ0) is 15.5. The van der Waals surface area contributed by atoms with Crippen molar-refractivity contribution < 1.29 is 26.3 Å². The van der Waals surface area contributed by atoms with Crippen LogP contribution in [0.5, 0.6) is 5.75 Å². The third-order valence-electron chi connectivity index (χ3n) is 2.79. The Bertz CT molecular complexity index is 586. The first-order valence-electron chi connectivity index (χ1n) is 6.36. The topological polar surface area (TPSA) is 67.4 Å². The van der Waals surface area contributed by atoms with Gasteiger partial charge in [-0.2, -0.15) is 0 Å². The van der Waals surface area contributed by atoms with E-state index >= 15 is 0 Å². The van der Waals surface area contributed by atoms with E-state index in [1.165, 1.54) is 12.1 Å². The molecule has 0 spiro atoms. The summed E-state index contributed by atoms with van der Waals surface area (Å²) in [6, 6.07) is 5.06. The van der Waals surface area contributed by atoms with Crippen molar-refractivity contribution in [1.29, 1.82) is 0 Å². The maximum atomic E-state index is 12.3. The van der Waals surface area contributed by atoms with Crippen LogP contribution in [-0.4, -0.2) is 33.9 Å². The number of ether oxygens (including phenoxy) is 1. The Morgan fingerprint density at radius 1 is 1.19 bits per heavy atom. The van der Waals surface area contributed by atoms with Crippen LogP contribution >= 0.6 is 0 Å². The monoisotopic (exact) mass is 324 g/mol. The van der Waals surface area contributed by atoms with E-state index < -0.39 is 27.0 Å². The van der Waals surface area contributed by atoms with Crippen LogP contribution in [-0.2, 0) is 10.0 Å². The summed E-state index contributed by atoms with van der Waals surface area (Å²) in [6.07, 6.45) is -2.82. The van der Waals surface area contributed by atoms with Gasteiger partial charge in [0.25, 0.3) is 0 Å². The first kappa shape index (κ1) is 16.1. The number of sulfonamides is 1. The number of alkyl halides is 3. The minimum atomic E-state index is -4.95. The Balaban J connectivity index is 2.03. The predicted octanol–water partition coefficient (Wildman–Crippen LogP) is 1.62. The molecule has 0 heterocycles. The second-order valence-corrected chi connectivity index (χ2v) is 6.36. The molecule has 21 heavy (non-hydrogen) atoms. The first-order valence-corrected chi connectivity index (χ1v) is 7.84. The summed E-state index contributed by atoms with van der Waals surface area (Å²) in [5.41, 5.74) is 0. The predicted molar refractivity (Wildman–Crippen MR) is 69.3 cm³/mol. The SMILES string of the molecule is O=S(=O)(NCCNC1CC1)c1ccccc1OC(F)(F)F. The van der Waals surface area contributed by atoms with Crippen molar-refractivity contribution in [3.63, 3.8) is 0 Å². The Morgan fingerprint density at radius 3 is 2.48 bits per heavy atom. The lowest BCUT2D eigenvalue weighted by molar-refractivity contribution is -0.275. The molecule has 0 atom stereocenters. The molecular weight excluding hydrogens is 309 g/mol. The van der Waals surface area contributed by atoms with Gasteiger partial charge in [0.1, 0.15) is 10.6 Å². The summed E-state index contributed by atoms with van der Waals surface area (Å²) in [4.78, 5) is -0.534. The molecule has 1 aromatic carbocycles. The second kappa shape index (κ2) is 6.20. The van der Waals surface area contributed by atoms with Crippen LogP contribution in [0.2, 0.25) is 0 Å². The van der Waals surface area contributed by atoms with Crippen molar-refractivity contribution >= 4 is 10.0 Å². The van der Waals surface area contributed by atoms with Crippen LogP contribution in [0.15, 0.2) is 29.2 Å². The van der Waals surface area contributed by atoms with Crippen molar-refractivity contribution in [3.8, 4) is 5.75 Å². The molecule has 0 radical (unpaired) electrons. The highest BCUT2D eigenvalue weighted by molar-refractivity contribution is 7.89. The van der Waals surface area contributed by atoms with Crippen molar-refractivity contribution in [3.05, 3.63) is 24.3 Å². The van der Waals surface area contributed by atoms with Crippen LogP contribution in [0, 0.1) is 0 Å². The van der Waals surface area contributed by atoms with E-state index in [1.807, 2.05) is 0 Å². The highest BCUT2D eigenvalue weighted by atomic mass is 32.2. The number of rotatable bonds is 7. The first-order chi connectivity index (χ1) is 9.78. The van der Waals surface area contributed by atoms with E-state index in [-0.39, 0.29) is 6.54 Å². The molecule has 0 amide bonds. The Kier molecular flexibility index (Phi) is 4.74. The lowest BCUT2D eigenvalue weighted by Gasteiger charge is -2.14. The molecule has 0 saturated heterocycles. The van der Waals surface area contributed by atoms with E-state index in [1.54, 1.807) is 0 Å². The molecule has 1 fully saturated rings. The molecule has 1 aromatic rings. The molecular formula is C12H15F3N2O3S. The molecule has 1 aliphatic carbocycles. The standard InChI is InChI=1S/C12H15F3N2O3S/c13-12(14,15)20-10-3-1-2-4-11(10)21(18,19)17-8-7-16-9-5-6-9/h1-4,9,16-17H,5-8H2. The number of halogens is 3. The summed E-state index contributed by atoms with van der Waals surface area (Å²) in [5.74, 6) is -0.743. The average molecular weight is 324 g/mol. The van der Waals surface area contributed by atoms with Gasteiger partial charge in [0, 0.05) is 19.1 Å². The lowest BCUT2D eigenvalue weighted by Crippen LogP contribution is -2.33. The summed E-state index contributed by atoms with van der Waals surface area (Å²) < 4.78 is 66.8. The van der Waals surface area contributed by atoms with E-state index in [2.05, 4.69) is 14.8 Å². The molecule has 0 aromatic heterocycles. The maximum absolute atomic E-state index is 12.3. The second-order valence-electron chi connectivity index (χ2n) is 4.62. The van der Waals surface area contributed by atoms with Gasteiger partial charge in [-0.05, 0) is 25.0 Å². The smallest absolute Gasteiger partial charge is 0.404 e. The Hall–Kier alpha value is -1.32. The summed E-state index contributed by atoms with van der Waals surface area (Å²) in [5, 5.41) is 3.10. The van der Waals surface area contributed by atoms with Crippen molar-refractivity contribution in [2.75, 3.05) is 13.1 Å². The van der Waals surface area contributed by atoms with Crippen molar-refractivity contribution in [1.82, 2.24) is 10.0 Å². The fourth-order valence-corrected chi connectivity index (χ4v) is 2.87. The number of para-hydroxylation sites is 1. The number of benzene rings is 1. The van der Waals surface area contributed by atoms with E-state index in [9.17, 15) is 21.6 Å². The molecule has 118 valence electrons. The van der Waals surface area contributed by atoms with Crippen LogP contribution in [0.25, 0.3) is 0 Å². The molecule has 0 aliphatic heterocycles. The highest BCUT2D eigenvalue weighted by Gasteiger charge is 2.33. The number of nitrogens with one attached hydrogen (secondary N) is 2. The molecule has 2 rings (SSSR count). The number of hydrogen-bond acceptors (Lipinski definition) is 4. The third-order valence-corrected chi connectivity index (χ3v) is 4.29. The fourth-order valence-electron chi connectivity index (χ4n) is 1.71. The van der Waals surface area contributed by atoms with Gasteiger partial charge in [-0.1, -0.05) is 12.1 Å². The van der Waals surface area contributed by atoms with Gasteiger partial charge in [0.2, 0.25) is 10.0 Å². The van der Waals surface area contributed by atoms with Gasteiger partial charge in [-0.3, -0.25) is 0 Å². The van der Waals surface area contributed by atoms with E-state index in [0.717, 1.165) is 25.0 Å². The van der Waals surface area contributed by atoms with Gasteiger partial charge in [-0.25, -0.2) is 13.1 Å². The van der Waals surface area contributed by atoms with Gasteiger partial charge >= 0.3 is 6.36 Å². The minimum absolute atomic E-state index is 0.0964. The van der Waals surface area contributed by atoms with Crippen molar-refractivity contribution in [2.45, 2.75) is 30.1 Å². The van der Waals surface area contributed by atoms with Crippen LogP contribution in [0.3, 0.4) is 0 Å². The average Bonchev–Trinajstić information content (AvgIpc) is 3.17. The Labute approximate surface area is 120 Å². The highest BCUT2D eigenvalue weighted by Crippen LogP contribution is 2.29. The Morgan fingerprint density at radius 2 is 1.86 bits per heavy atom. The maximum Gasteiger partial charge on any atom is 0.573 e. The van der Waals surface area contributed by atoms with E-state index in [0.29, 0.717) is 12.6 Å². The zero-order valence-corrected chi connectivity index (χ0v) is 11.8. The van der Waals surface area contributed by atoms with Gasteiger partial charge in [-0.15, -0.1) is 13.2 Å². The molecule has 0 unspecified atom stereocenters. The zero-order valence-electron chi connectivity index (χ0n) is 11.0. The molecule has 5 nitrogen and oxygen atoms in total. The van der Waals surface area contributed by atoms with Gasteiger partial charge in [0.15, 0.2) is 0 Å². The van der Waals surface area contributed by atoms with Crippen molar-refractivity contribution in [2.24, 2.45) is 0 Å². The summed E-state index contributed by atoms with van der Waals surface area (Å²) in [6.45, 7) is 0.519. The van der Waals surface area contributed by atoms with Gasteiger partial charge < -0.3 is 10.1 Å². The lowest BCUT2D eigenvalue weighted by atomic mass is 10.3. The molecule has 2 N–H and O–H groups in total. The normalized spacial score (nSPS) is 16.0. The van der Waals surface area contributed by atoms with Gasteiger partial charge in [0.05, 0.1) is 0 Å². The summed E-state index contributed by atoms with van der Waals surface area (Å²) in [7, 11) is -4.06. The summed E-state index contributed by atoms with van der Waals surface area (Å²) >= 11 is 0. The minimum Gasteiger partial charge on any atom is -0.404 e. The quantitative estimate of drug-likeness (QED) is 0.748. The van der Waals surface area contributed by atoms with E-state index in [4.69, 9.17) is 0 Å². The third kappa shape index (κ3) is 5.18.